The van der Waals surface area contributed by atoms with Crippen molar-refractivity contribution in [2.45, 2.75) is 51.6 Å². The van der Waals surface area contributed by atoms with Gasteiger partial charge in [-0.15, -0.1) is 0 Å². The van der Waals surface area contributed by atoms with Gasteiger partial charge in [0, 0.05) is 32.2 Å². The summed E-state index contributed by atoms with van der Waals surface area (Å²) in [6.45, 7) is 9.56. The number of likely N-dealkylation sites (tertiary alicyclic amines) is 2. The molecule has 23 heavy (non-hydrogen) atoms. The highest BCUT2D eigenvalue weighted by Gasteiger charge is 2.30. The molecule has 6 heteroatoms. The lowest BCUT2D eigenvalue weighted by Gasteiger charge is -2.25. The second-order valence-corrected chi connectivity index (χ2v) is 6.91. The van der Waals surface area contributed by atoms with Gasteiger partial charge in [-0.05, 0) is 38.3 Å². The summed E-state index contributed by atoms with van der Waals surface area (Å²) in [5, 5.41) is 7.52. The van der Waals surface area contributed by atoms with Gasteiger partial charge in [0.25, 0.3) is 0 Å². The van der Waals surface area contributed by atoms with E-state index in [9.17, 15) is 0 Å². The fourth-order valence-electron chi connectivity index (χ4n) is 3.52. The molecule has 1 aromatic rings. The minimum absolute atomic E-state index is 0.395. The van der Waals surface area contributed by atoms with Crippen LogP contribution in [0.5, 0.6) is 0 Å². The third kappa shape index (κ3) is 3.86. The Morgan fingerprint density at radius 2 is 2.17 bits per heavy atom. The Balaban J connectivity index is 1.51. The van der Waals surface area contributed by atoms with Crippen molar-refractivity contribution in [2.24, 2.45) is 4.99 Å². The molecule has 3 rings (SSSR count). The summed E-state index contributed by atoms with van der Waals surface area (Å²) >= 11 is 0. The van der Waals surface area contributed by atoms with Gasteiger partial charge in [-0.3, -0.25) is 9.89 Å². The predicted octanol–water partition coefficient (Wildman–Crippen LogP) is 2.04. The first kappa shape index (κ1) is 16.3. The summed E-state index contributed by atoms with van der Waals surface area (Å²) in [4.78, 5) is 9.44. The molecule has 1 N–H and O–H groups in total. The van der Waals surface area contributed by atoms with E-state index in [2.05, 4.69) is 39.1 Å². The van der Waals surface area contributed by atoms with Crippen LogP contribution in [0.1, 0.15) is 50.5 Å². The van der Waals surface area contributed by atoms with Crippen molar-refractivity contribution >= 4 is 5.96 Å². The SMILES string of the molecule is CN=C(NCc1cc(C(C)C)no1)N1CCC(N2CCCC2)C1. The van der Waals surface area contributed by atoms with Crippen LogP contribution in [0, 0.1) is 0 Å². The second kappa shape index (κ2) is 7.34. The first-order valence-corrected chi connectivity index (χ1v) is 8.82. The lowest BCUT2D eigenvalue weighted by Crippen LogP contribution is -2.42. The highest BCUT2D eigenvalue weighted by molar-refractivity contribution is 5.80. The molecule has 0 bridgehead atoms. The van der Waals surface area contributed by atoms with Gasteiger partial charge in [-0.1, -0.05) is 19.0 Å². The van der Waals surface area contributed by atoms with Gasteiger partial charge >= 0.3 is 0 Å². The number of hydrogen-bond acceptors (Lipinski definition) is 4. The zero-order chi connectivity index (χ0) is 16.2. The Bertz CT molecular complexity index is 533. The summed E-state index contributed by atoms with van der Waals surface area (Å²) in [6, 6.07) is 2.72. The molecule has 0 radical (unpaired) electrons. The number of hydrogen-bond donors (Lipinski definition) is 1. The van der Waals surface area contributed by atoms with Crippen LogP contribution in [-0.4, -0.2) is 60.2 Å². The quantitative estimate of drug-likeness (QED) is 0.680. The van der Waals surface area contributed by atoms with Gasteiger partial charge in [-0.2, -0.15) is 0 Å². The number of guanidine groups is 1. The number of nitrogens with zero attached hydrogens (tertiary/aromatic N) is 4. The molecule has 128 valence electrons. The van der Waals surface area contributed by atoms with E-state index >= 15 is 0 Å². The Labute approximate surface area is 138 Å². The maximum absolute atomic E-state index is 5.39. The van der Waals surface area contributed by atoms with Crippen LogP contribution in [0.2, 0.25) is 0 Å². The molecule has 3 heterocycles. The fourth-order valence-corrected chi connectivity index (χ4v) is 3.52. The van der Waals surface area contributed by atoms with Crippen LogP contribution in [0.15, 0.2) is 15.6 Å². The summed E-state index contributed by atoms with van der Waals surface area (Å²) in [6.07, 6.45) is 3.95. The molecule has 2 fully saturated rings. The average Bonchev–Trinajstić information content (AvgIpc) is 3.29. The lowest BCUT2D eigenvalue weighted by atomic mass is 10.1. The molecule has 2 saturated heterocycles. The summed E-state index contributed by atoms with van der Waals surface area (Å²) in [7, 11) is 1.85. The monoisotopic (exact) mass is 319 g/mol. The van der Waals surface area contributed by atoms with Crippen molar-refractivity contribution in [1.82, 2.24) is 20.3 Å². The average molecular weight is 319 g/mol. The number of nitrogens with one attached hydrogen (secondary N) is 1. The van der Waals surface area contributed by atoms with E-state index < -0.39 is 0 Å². The maximum Gasteiger partial charge on any atom is 0.194 e. The number of aromatic nitrogens is 1. The topological polar surface area (TPSA) is 56.9 Å². The van der Waals surface area contributed by atoms with Gasteiger partial charge in [0.2, 0.25) is 0 Å². The molecule has 1 unspecified atom stereocenters. The molecule has 0 saturated carbocycles. The van der Waals surface area contributed by atoms with Crippen molar-refractivity contribution in [2.75, 3.05) is 33.2 Å². The molecule has 0 aromatic carbocycles. The van der Waals surface area contributed by atoms with Gasteiger partial charge in [0.1, 0.15) is 0 Å². The van der Waals surface area contributed by atoms with E-state index in [1.54, 1.807) is 0 Å². The van der Waals surface area contributed by atoms with Gasteiger partial charge < -0.3 is 14.7 Å². The van der Waals surface area contributed by atoms with Gasteiger partial charge in [0.05, 0.1) is 12.2 Å². The van der Waals surface area contributed by atoms with Crippen LogP contribution >= 0.6 is 0 Å². The standard InChI is InChI=1S/C17H29N5O/c1-13(2)16-10-15(23-20-16)11-19-17(18-3)22-9-6-14(12-22)21-7-4-5-8-21/h10,13-14H,4-9,11-12H2,1-3H3,(H,18,19). The predicted molar refractivity (Wildman–Crippen MR) is 91.6 cm³/mol. The third-order valence-electron chi connectivity index (χ3n) is 4.92. The van der Waals surface area contributed by atoms with Gasteiger partial charge in [-0.25, -0.2) is 0 Å². The first-order chi connectivity index (χ1) is 11.2. The highest BCUT2D eigenvalue weighted by atomic mass is 16.5. The molecule has 1 aromatic heterocycles. The Morgan fingerprint density at radius 3 is 2.83 bits per heavy atom. The van der Waals surface area contributed by atoms with E-state index in [1.165, 1.54) is 32.4 Å². The lowest BCUT2D eigenvalue weighted by molar-refractivity contribution is 0.249. The van der Waals surface area contributed by atoms with Gasteiger partial charge in [0.15, 0.2) is 11.7 Å². The van der Waals surface area contributed by atoms with Crippen molar-refractivity contribution in [3.63, 3.8) is 0 Å². The maximum atomic E-state index is 5.39. The fraction of sp³-hybridized carbons (Fsp3) is 0.765. The molecule has 2 aliphatic heterocycles. The van der Waals surface area contributed by atoms with Crippen LogP contribution in [0.25, 0.3) is 0 Å². The van der Waals surface area contributed by atoms with Crippen LogP contribution < -0.4 is 5.32 Å². The van der Waals surface area contributed by atoms with E-state index in [0.717, 1.165) is 30.5 Å². The van der Waals surface area contributed by atoms with Crippen molar-refractivity contribution in [3.8, 4) is 0 Å². The Kier molecular flexibility index (Phi) is 5.20. The Hall–Kier alpha value is -1.56. The molecule has 0 amide bonds. The third-order valence-corrected chi connectivity index (χ3v) is 4.92. The summed E-state index contributed by atoms with van der Waals surface area (Å²) in [5.74, 6) is 2.23. The normalized spacial score (nSPS) is 23.2. The number of rotatable bonds is 4. The molecular weight excluding hydrogens is 290 g/mol. The minimum atomic E-state index is 0.395. The van der Waals surface area contributed by atoms with E-state index in [-0.39, 0.29) is 0 Å². The Morgan fingerprint density at radius 1 is 1.39 bits per heavy atom. The highest BCUT2D eigenvalue weighted by Crippen LogP contribution is 2.20. The first-order valence-electron chi connectivity index (χ1n) is 8.82. The van der Waals surface area contributed by atoms with E-state index in [4.69, 9.17) is 4.52 Å². The molecule has 0 spiro atoms. The number of aliphatic imine (C=N–C) groups is 1. The smallest absolute Gasteiger partial charge is 0.194 e. The van der Waals surface area contributed by atoms with E-state index in [0.29, 0.717) is 18.5 Å². The van der Waals surface area contributed by atoms with E-state index in [1.807, 2.05) is 13.1 Å². The minimum Gasteiger partial charge on any atom is -0.359 e. The zero-order valence-corrected chi connectivity index (χ0v) is 14.6. The van der Waals surface area contributed by atoms with Crippen LogP contribution in [0.3, 0.4) is 0 Å². The molecule has 6 nitrogen and oxygen atoms in total. The second-order valence-electron chi connectivity index (χ2n) is 6.91. The molecule has 0 aliphatic carbocycles. The van der Waals surface area contributed by atoms with Crippen molar-refractivity contribution < 1.29 is 4.52 Å². The molecule has 2 aliphatic rings. The summed E-state index contributed by atoms with van der Waals surface area (Å²) < 4.78 is 5.39. The summed E-state index contributed by atoms with van der Waals surface area (Å²) in [5.41, 5.74) is 1.01. The molecule has 1 atom stereocenters. The van der Waals surface area contributed by atoms with Crippen molar-refractivity contribution in [1.29, 1.82) is 0 Å². The van der Waals surface area contributed by atoms with Crippen molar-refractivity contribution in [3.05, 3.63) is 17.5 Å². The zero-order valence-electron chi connectivity index (χ0n) is 14.6. The largest absolute Gasteiger partial charge is 0.359 e. The van der Waals surface area contributed by atoms with Crippen LogP contribution in [0.4, 0.5) is 0 Å². The molecular formula is C17H29N5O. The van der Waals surface area contributed by atoms with Crippen LogP contribution in [-0.2, 0) is 6.54 Å².